The van der Waals surface area contributed by atoms with Crippen molar-refractivity contribution in [3.05, 3.63) is 101 Å². The monoisotopic (exact) mass is 504 g/mol. The maximum atomic E-state index is 14.9. The van der Waals surface area contributed by atoms with Crippen molar-refractivity contribution in [1.82, 2.24) is 24.3 Å². The molecule has 5 rings (SSSR count). The Balaban J connectivity index is 1.61. The van der Waals surface area contributed by atoms with Crippen LogP contribution in [-0.2, 0) is 12.1 Å². The van der Waals surface area contributed by atoms with Gasteiger partial charge in [-0.15, -0.1) is 11.3 Å². The number of halogens is 2. The van der Waals surface area contributed by atoms with Crippen molar-refractivity contribution < 1.29 is 13.9 Å². The topological polar surface area (TPSA) is 110 Å². The lowest BCUT2D eigenvalue weighted by atomic mass is 9.86. The predicted molar refractivity (Wildman–Crippen MR) is 129 cm³/mol. The number of hydrogen-bond donors (Lipinski definition) is 1. The van der Waals surface area contributed by atoms with E-state index in [9.17, 15) is 18.7 Å². The van der Waals surface area contributed by atoms with E-state index in [0.29, 0.717) is 21.8 Å². The quantitative estimate of drug-likeness (QED) is 0.374. The van der Waals surface area contributed by atoms with E-state index >= 15 is 0 Å². The maximum absolute atomic E-state index is 14.9. The minimum Gasteiger partial charge on any atom is -0.381 e. The average Bonchev–Trinajstić information content (AvgIpc) is 3.54. The van der Waals surface area contributed by atoms with Crippen molar-refractivity contribution in [3.8, 4) is 16.5 Å². The molecule has 0 radical (unpaired) electrons. The third-order valence-corrected chi connectivity index (χ3v) is 7.30. The van der Waals surface area contributed by atoms with Crippen LogP contribution in [0.3, 0.4) is 0 Å². The van der Waals surface area contributed by atoms with Gasteiger partial charge in [-0.05, 0) is 36.8 Å². The van der Waals surface area contributed by atoms with Gasteiger partial charge in [0.25, 0.3) is 5.56 Å². The molecule has 0 saturated heterocycles. The molecule has 11 heteroatoms. The predicted octanol–water partition coefficient (Wildman–Crippen LogP) is 4.02. The van der Waals surface area contributed by atoms with Crippen molar-refractivity contribution in [2.75, 3.05) is 0 Å². The zero-order valence-corrected chi connectivity index (χ0v) is 19.7. The van der Waals surface area contributed by atoms with E-state index in [4.69, 9.17) is 5.26 Å². The van der Waals surface area contributed by atoms with Crippen LogP contribution in [0, 0.1) is 23.0 Å². The Kier molecular flexibility index (Phi) is 5.91. The fourth-order valence-electron chi connectivity index (χ4n) is 4.13. The molecule has 0 saturated carbocycles. The van der Waals surface area contributed by atoms with Gasteiger partial charge in [0.2, 0.25) is 0 Å². The van der Waals surface area contributed by atoms with E-state index in [1.54, 1.807) is 37.3 Å². The molecule has 5 aromatic rings. The number of hydrogen-bond acceptors (Lipinski definition) is 7. The molecular formula is C25H18F2N6O2S. The Hall–Kier alpha value is -4.27. The maximum Gasteiger partial charge on any atom is 0.271 e. The van der Waals surface area contributed by atoms with Crippen molar-refractivity contribution in [2.45, 2.75) is 25.1 Å². The number of thiophene rings is 1. The first-order valence-corrected chi connectivity index (χ1v) is 11.6. The minimum absolute atomic E-state index is 0.191. The average molecular weight is 505 g/mol. The van der Waals surface area contributed by atoms with Crippen LogP contribution in [0.1, 0.15) is 24.1 Å². The molecule has 0 aliphatic heterocycles. The summed E-state index contributed by atoms with van der Waals surface area (Å²) in [4.78, 5) is 22.6. The van der Waals surface area contributed by atoms with Crippen molar-refractivity contribution >= 4 is 21.6 Å². The Bertz CT molecular complexity index is 1660. The molecule has 0 amide bonds. The Labute approximate surface area is 207 Å². The van der Waals surface area contributed by atoms with Gasteiger partial charge in [-0.3, -0.25) is 9.36 Å². The third-order valence-electron chi connectivity index (χ3n) is 6.14. The van der Waals surface area contributed by atoms with Gasteiger partial charge in [0.05, 0.1) is 36.1 Å². The zero-order valence-electron chi connectivity index (χ0n) is 18.8. The highest BCUT2D eigenvalue weighted by atomic mass is 32.1. The molecule has 1 N–H and O–H groups in total. The molecule has 180 valence electrons. The molecule has 2 atom stereocenters. The number of nitriles is 1. The molecule has 0 bridgehead atoms. The highest BCUT2D eigenvalue weighted by molar-refractivity contribution is 7.22. The van der Waals surface area contributed by atoms with Crippen molar-refractivity contribution in [3.63, 3.8) is 0 Å². The summed E-state index contributed by atoms with van der Waals surface area (Å²) in [6.07, 6.45) is 3.92. The molecule has 0 spiro atoms. The van der Waals surface area contributed by atoms with Gasteiger partial charge in [-0.1, -0.05) is 18.2 Å². The van der Waals surface area contributed by atoms with E-state index in [2.05, 4.69) is 21.1 Å². The normalized spacial score (nSPS) is 13.9. The second kappa shape index (κ2) is 9.07. The summed E-state index contributed by atoms with van der Waals surface area (Å²) in [5.41, 5.74) is -0.792. The number of nitrogens with zero attached hydrogens (tertiary/aromatic N) is 6. The van der Waals surface area contributed by atoms with Gasteiger partial charge in [0.1, 0.15) is 34.6 Å². The first-order chi connectivity index (χ1) is 17.3. The number of rotatable bonds is 6. The Morgan fingerprint density at radius 3 is 2.61 bits per heavy atom. The molecular weight excluding hydrogens is 486 g/mol. The van der Waals surface area contributed by atoms with Crippen LogP contribution in [0.15, 0.2) is 72.3 Å². The van der Waals surface area contributed by atoms with Gasteiger partial charge >= 0.3 is 0 Å². The summed E-state index contributed by atoms with van der Waals surface area (Å²) < 4.78 is 31.4. The SMILES string of the molecule is CC(n1cnc2cc(-c3ccc(C#N)cc3)sc2c1=O)C(O)(Cn1cncn1)c1ccc(F)cc1F. The summed E-state index contributed by atoms with van der Waals surface area (Å²) >= 11 is 1.23. The van der Waals surface area contributed by atoms with Crippen molar-refractivity contribution in [2.24, 2.45) is 0 Å². The van der Waals surface area contributed by atoms with Crippen LogP contribution in [-0.4, -0.2) is 29.4 Å². The van der Waals surface area contributed by atoms with Gasteiger partial charge in [0, 0.05) is 16.5 Å². The molecule has 0 fully saturated rings. The van der Waals surface area contributed by atoms with Gasteiger partial charge in [0.15, 0.2) is 0 Å². The molecule has 3 aromatic heterocycles. The van der Waals surface area contributed by atoms with Crippen LogP contribution in [0.2, 0.25) is 0 Å². The van der Waals surface area contributed by atoms with E-state index in [1.165, 1.54) is 39.6 Å². The highest BCUT2D eigenvalue weighted by Crippen LogP contribution is 2.37. The minimum atomic E-state index is -2.00. The fraction of sp³-hybridized carbons (Fsp3) is 0.160. The lowest BCUT2D eigenvalue weighted by Crippen LogP contribution is -2.43. The third kappa shape index (κ3) is 4.06. The van der Waals surface area contributed by atoms with Crippen LogP contribution in [0.25, 0.3) is 20.7 Å². The van der Waals surface area contributed by atoms with E-state index < -0.39 is 28.8 Å². The summed E-state index contributed by atoms with van der Waals surface area (Å²) in [7, 11) is 0. The van der Waals surface area contributed by atoms with Gasteiger partial charge in [-0.2, -0.15) is 10.4 Å². The largest absolute Gasteiger partial charge is 0.381 e. The number of aromatic nitrogens is 5. The molecule has 8 nitrogen and oxygen atoms in total. The van der Waals surface area contributed by atoms with Crippen LogP contribution in [0.5, 0.6) is 0 Å². The first-order valence-electron chi connectivity index (χ1n) is 10.8. The molecule has 36 heavy (non-hydrogen) atoms. The summed E-state index contributed by atoms with van der Waals surface area (Å²) in [6.45, 7) is 1.31. The second-order valence-electron chi connectivity index (χ2n) is 8.29. The molecule has 3 heterocycles. The summed E-state index contributed by atoms with van der Waals surface area (Å²) in [6, 6.07) is 12.7. The van der Waals surface area contributed by atoms with E-state index in [-0.39, 0.29) is 12.1 Å². The zero-order chi connectivity index (χ0) is 25.4. The molecule has 0 aliphatic rings. The van der Waals surface area contributed by atoms with Crippen LogP contribution < -0.4 is 5.56 Å². The fourth-order valence-corrected chi connectivity index (χ4v) is 5.18. The number of benzene rings is 2. The lowest BCUT2D eigenvalue weighted by Gasteiger charge is -2.35. The number of fused-ring (bicyclic) bond motifs is 1. The van der Waals surface area contributed by atoms with Gasteiger partial charge in [-0.25, -0.2) is 23.4 Å². The lowest BCUT2D eigenvalue weighted by molar-refractivity contribution is -0.0343. The highest BCUT2D eigenvalue weighted by Gasteiger charge is 2.41. The van der Waals surface area contributed by atoms with Crippen LogP contribution >= 0.6 is 11.3 Å². The Morgan fingerprint density at radius 1 is 1.17 bits per heavy atom. The molecule has 2 aromatic carbocycles. The first kappa shape index (κ1) is 23.5. The summed E-state index contributed by atoms with van der Waals surface area (Å²) in [5.74, 6) is -1.74. The second-order valence-corrected chi connectivity index (χ2v) is 9.34. The molecule has 0 aliphatic carbocycles. The van der Waals surface area contributed by atoms with Crippen LogP contribution in [0.4, 0.5) is 8.78 Å². The molecule has 2 unspecified atom stereocenters. The summed E-state index contributed by atoms with van der Waals surface area (Å²) in [5, 5.41) is 24.8. The van der Waals surface area contributed by atoms with Gasteiger partial charge < -0.3 is 5.11 Å². The van der Waals surface area contributed by atoms with Crippen molar-refractivity contribution in [1.29, 1.82) is 5.26 Å². The standard InChI is InChI=1S/C25H18F2N6O2S/c1-15(25(35,11-32-13-29-12-31-32)19-7-6-18(26)8-20(19)27)33-14-30-21-9-22(36-23(21)24(33)34)17-4-2-16(10-28)3-5-17/h2-9,12-15,35H,11H2,1H3. The van der Waals surface area contributed by atoms with E-state index in [1.807, 2.05) is 0 Å². The number of aliphatic hydroxyl groups is 1. The smallest absolute Gasteiger partial charge is 0.271 e. The van der Waals surface area contributed by atoms with E-state index in [0.717, 1.165) is 22.6 Å². The Morgan fingerprint density at radius 2 is 1.94 bits per heavy atom.